The molecule has 8 rings (SSSR count). The van der Waals surface area contributed by atoms with Crippen molar-refractivity contribution in [3.8, 4) is 23.0 Å². The number of aliphatic hydroxyl groups is 1. The summed E-state index contributed by atoms with van der Waals surface area (Å²) in [4.78, 5) is 40.4. The van der Waals surface area contributed by atoms with Gasteiger partial charge in [-0.15, -0.1) is 0 Å². The van der Waals surface area contributed by atoms with Gasteiger partial charge in [-0.25, -0.2) is 9.59 Å². The van der Waals surface area contributed by atoms with Gasteiger partial charge in [0, 0.05) is 19.7 Å². The molecule has 1 N–H and O–H groups in total. The molecule has 0 radical (unpaired) electrons. The molecule has 1 atom stereocenters. The van der Waals surface area contributed by atoms with Gasteiger partial charge in [-0.05, 0) is 69.3 Å². The van der Waals surface area contributed by atoms with Crippen LogP contribution in [0.1, 0.15) is 55.4 Å². The minimum absolute atomic E-state index is 0.0654. The van der Waals surface area contributed by atoms with Crippen molar-refractivity contribution in [1.82, 2.24) is 9.80 Å². The van der Waals surface area contributed by atoms with E-state index in [2.05, 4.69) is 0 Å². The van der Waals surface area contributed by atoms with E-state index in [1.807, 2.05) is 182 Å². The van der Waals surface area contributed by atoms with Crippen LogP contribution in [0.3, 0.4) is 0 Å². The molecule has 0 aliphatic rings. The molecule has 0 aliphatic carbocycles. The Hall–Kier alpha value is -8.87. The molecule has 8 aromatic carbocycles. The molecular weight excluding hydrogens is 933 g/mol. The highest BCUT2D eigenvalue weighted by atomic mass is 16.6. The summed E-state index contributed by atoms with van der Waals surface area (Å²) in [6.07, 6.45) is -2.01. The number of hydrogen-bond donors (Lipinski definition) is 1. The van der Waals surface area contributed by atoms with Crippen molar-refractivity contribution in [2.75, 3.05) is 27.2 Å². The maximum absolute atomic E-state index is 13.0. The Balaban J connectivity index is 0.000000216. The van der Waals surface area contributed by atoms with Crippen molar-refractivity contribution in [2.45, 2.75) is 45.7 Å². The molecule has 0 aliphatic heterocycles. The molecule has 378 valence electrons. The predicted octanol–water partition coefficient (Wildman–Crippen LogP) is 12.4. The number of aliphatic hydroxyl groups excluding tert-OH is 1. The summed E-state index contributed by atoms with van der Waals surface area (Å²) < 4.78 is 34.9. The molecule has 0 unspecified atom stereocenters. The van der Waals surface area contributed by atoms with Crippen LogP contribution in [-0.4, -0.2) is 60.1 Å². The average Bonchev–Trinajstić information content (AvgIpc) is 3.45. The zero-order chi connectivity index (χ0) is 51.7. The van der Waals surface area contributed by atoms with Crippen LogP contribution >= 0.6 is 0 Å². The van der Waals surface area contributed by atoms with E-state index in [9.17, 15) is 19.5 Å². The summed E-state index contributed by atoms with van der Waals surface area (Å²) in [6.45, 7) is 1.69. The highest BCUT2D eigenvalue weighted by molar-refractivity contribution is 5.99. The summed E-state index contributed by atoms with van der Waals surface area (Å²) in [5.74, 6) is 1.85. The average molecular weight is 993 g/mol. The van der Waals surface area contributed by atoms with Crippen LogP contribution < -0.4 is 18.9 Å². The number of carbonyl (C=O) groups excluding carboxylic acids is 3. The second kappa shape index (κ2) is 28.2. The highest BCUT2D eigenvalue weighted by Gasteiger charge is 2.20. The summed E-state index contributed by atoms with van der Waals surface area (Å²) in [7, 11) is 3.14. The lowest BCUT2D eigenvalue weighted by Gasteiger charge is -2.22. The van der Waals surface area contributed by atoms with E-state index >= 15 is 0 Å². The first-order valence-corrected chi connectivity index (χ1v) is 24.2. The molecule has 2 amide bonds. The number of ketones is 1. The smallest absolute Gasteiger partial charge is 0.410 e. The molecule has 0 bridgehead atoms. The molecule has 0 heterocycles. The molecule has 0 aromatic heterocycles. The van der Waals surface area contributed by atoms with Crippen molar-refractivity contribution >= 4 is 18.0 Å². The van der Waals surface area contributed by atoms with E-state index in [4.69, 9.17) is 28.4 Å². The number of nitrogens with zero attached hydrogens (tertiary/aromatic N) is 2. The number of carbonyl (C=O) groups is 3. The largest absolute Gasteiger partial charge is 0.485 e. The van der Waals surface area contributed by atoms with Crippen LogP contribution in [0.25, 0.3) is 0 Å². The van der Waals surface area contributed by atoms with Crippen molar-refractivity contribution in [3.05, 3.63) is 263 Å². The number of hydrogen-bond acceptors (Lipinski definition) is 10. The number of likely N-dealkylation sites (N-methyl/N-ethyl adjacent to an activating group) is 2. The van der Waals surface area contributed by atoms with Gasteiger partial charge in [0.05, 0.1) is 19.2 Å². The first-order valence-electron chi connectivity index (χ1n) is 24.2. The van der Waals surface area contributed by atoms with Gasteiger partial charge < -0.3 is 43.3 Å². The van der Waals surface area contributed by atoms with E-state index in [1.165, 1.54) is 16.8 Å². The lowest BCUT2D eigenvalue weighted by atomic mass is 10.1. The number of Topliss-reactive ketones (excluding diaryl/α,β-unsaturated/α-hetero) is 1. The first-order chi connectivity index (χ1) is 36.2. The maximum atomic E-state index is 13.0. The number of ether oxygens (including phenoxy) is 6. The topological polar surface area (TPSA) is 133 Å². The number of benzene rings is 8. The van der Waals surface area contributed by atoms with Gasteiger partial charge in [0.25, 0.3) is 0 Å². The third-order valence-corrected chi connectivity index (χ3v) is 11.4. The lowest BCUT2D eigenvalue weighted by Crippen LogP contribution is -2.32. The molecule has 12 nitrogen and oxygen atoms in total. The monoisotopic (exact) mass is 992 g/mol. The predicted molar refractivity (Wildman–Crippen MR) is 284 cm³/mol. The SMILES string of the molecule is CN(CC(=O)c1ccc(OCc2ccccc2)c(OCc2ccccc2)c1)C(=O)OCc1ccccc1.CN(C[C@H](O)c1ccc(OCc2ccccc2)c(OCc2ccccc2)c1)C(=O)OCc1ccccc1. The molecule has 0 spiro atoms. The molecule has 0 saturated carbocycles. The van der Waals surface area contributed by atoms with Crippen LogP contribution in [0.15, 0.2) is 218 Å². The quantitative estimate of drug-likeness (QED) is 0.0654. The maximum Gasteiger partial charge on any atom is 0.410 e. The van der Waals surface area contributed by atoms with Crippen LogP contribution in [0, 0.1) is 0 Å². The fourth-order valence-electron chi connectivity index (χ4n) is 7.29. The Labute approximate surface area is 432 Å². The zero-order valence-electron chi connectivity index (χ0n) is 41.5. The summed E-state index contributed by atoms with van der Waals surface area (Å²) in [5, 5.41) is 10.9. The Morgan fingerprint density at radius 1 is 0.392 bits per heavy atom. The van der Waals surface area contributed by atoms with Crippen molar-refractivity contribution < 1.29 is 47.9 Å². The number of rotatable bonds is 22. The Morgan fingerprint density at radius 2 is 0.716 bits per heavy atom. The summed E-state index contributed by atoms with van der Waals surface area (Å²) in [5.41, 5.74) is 6.87. The second-order valence-electron chi connectivity index (χ2n) is 17.2. The fourth-order valence-corrected chi connectivity index (χ4v) is 7.29. The third kappa shape index (κ3) is 17.2. The lowest BCUT2D eigenvalue weighted by molar-refractivity contribution is 0.0786. The van der Waals surface area contributed by atoms with Gasteiger partial charge >= 0.3 is 12.2 Å². The van der Waals surface area contributed by atoms with E-state index in [0.29, 0.717) is 60.6 Å². The first kappa shape index (κ1) is 52.9. The van der Waals surface area contributed by atoms with Crippen LogP contribution in [0.2, 0.25) is 0 Å². The Kier molecular flexibility index (Phi) is 20.2. The normalized spacial score (nSPS) is 10.9. The number of amides is 2. The molecule has 8 aromatic rings. The van der Waals surface area contributed by atoms with Gasteiger partial charge in [-0.3, -0.25) is 4.79 Å². The summed E-state index contributed by atoms with van der Waals surface area (Å²) >= 11 is 0. The minimum Gasteiger partial charge on any atom is -0.485 e. The fraction of sp³-hybridized carbons (Fsp3) is 0.177. The van der Waals surface area contributed by atoms with Gasteiger partial charge in [0.2, 0.25) is 0 Å². The molecular formula is C62H60N2O10. The highest BCUT2D eigenvalue weighted by Crippen LogP contribution is 2.33. The molecule has 0 fully saturated rings. The standard InChI is InChI=1S/C31H31NO5.C31H29NO5/c2*1-32(31(34)37-23-26-15-9-4-10-16-26)20-28(33)27-17-18-29(35-21-24-11-5-2-6-12-24)30(19-27)36-22-25-13-7-3-8-14-25/h2-19,28,33H,20-23H2,1H3;2-19H,20-23H2,1H3/t28-;/m0./s1. The third-order valence-electron chi connectivity index (χ3n) is 11.4. The van der Waals surface area contributed by atoms with E-state index < -0.39 is 18.3 Å². The van der Waals surface area contributed by atoms with Crippen molar-refractivity contribution in [3.63, 3.8) is 0 Å². The van der Waals surface area contributed by atoms with Crippen LogP contribution in [-0.2, 0) is 49.1 Å². The minimum atomic E-state index is -0.934. The van der Waals surface area contributed by atoms with E-state index in [0.717, 1.165) is 33.4 Å². The molecule has 74 heavy (non-hydrogen) atoms. The molecule has 0 saturated heterocycles. The van der Waals surface area contributed by atoms with Gasteiger partial charge in [0.1, 0.15) is 39.6 Å². The Bertz CT molecular complexity index is 2950. The van der Waals surface area contributed by atoms with Gasteiger partial charge in [0.15, 0.2) is 28.8 Å². The van der Waals surface area contributed by atoms with E-state index in [1.54, 1.807) is 43.4 Å². The van der Waals surface area contributed by atoms with Crippen LogP contribution in [0.5, 0.6) is 23.0 Å². The van der Waals surface area contributed by atoms with Crippen molar-refractivity contribution in [2.24, 2.45) is 0 Å². The second-order valence-corrected chi connectivity index (χ2v) is 17.2. The van der Waals surface area contributed by atoms with Gasteiger partial charge in [-0.2, -0.15) is 0 Å². The molecule has 12 heteroatoms. The van der Waals surface area contributed by atoms with Crippen molar-refractivity contribution in [1.29, 1.82) is 0 Å². The van der Waals surface area contributed by atoms with Gasteiger partial charge in [-0.1, -0.05) is 188 Å². The zero-order valence-corrected chi connectivity index (χ0v) is 41.5. The Morgan fingerprint density at radius 3 is 1.11 bits per heavy atom. The van der Waals surface area contributed by atoms with E-state index in [-0.39, 0.29) is 32.1 Å². The van der Waals surface area contributed by atoms with Crippen LogP contribution in [0.4, 0.5) is 9.59 Å². The summed E-state index contributed by atoms with van der Waals surface area (Å²) in [6, 6.07) is 68.6.